The molecule has 0 radical (unpaired) electrons. The van der Waals surface area contributed by atoms with Gasteiger partial charge in [-0.25, -0.2) is 4.79 Å². The van der Waals surface area contributed by atoms with Crippen molar-refractivity contribution in [1.29, 1.82) is 0 Å². The Bertz CT molecular complexity index is 919. The van der Waals surface area contributed by atoms with E-state index in [-0.39, 0.29) is 17.1 Å². The van der Waals surface area contributed by atoms with Crippen LogP contribution in [0.1, 0.15) is 76.7 Å². The smallest absolute Gasteiger partial charge is 0.339 e. The molecule has 0 amide bonds. The number of carboxylic acids is 1. The molecule has 2 rings (SSSR count). The second-order valence-electron chi connectivity index (χ2n) is 8.27. The van der Waals surface area contributed by atoms with Crippen LogP contribution in [0.15, 0.2) is 53.6 Å². The summed E-state index contributed by atoms with van der Waals surface area (Å²) in [5.74, 6) is 5.64. The zero-order chi connectivity index (χ0) is 22.3. The Morgan fingerprint density at radius 3 is 2.63 bits per heavy atom. The summed E-state index contributed by atoms with van der Waals surface area (Å²) in [6.45, 7) is 12.3. The molecule has 0 aliphatic heterocycles. The maximum Gasteiger partial charge on any atom is 0.339 e. The van der Waals surface area contributed by atoms with Crippen molar-refractivity contribution in [2.45, 2.75) is 72.3 Å². The highest BCUT2D eigenvalue weighted by Gasteiger charge is 2.28. The number of rotatable bonds is 8. The SMILES string of the molecule is CC#CC(CC)Oc1ccc(C(C)(C)C2=CCC(C(C)=CCC)C=C2)cc1C(=O)O. The van der Waals surface area contributed by atoms with Gasteiger partial charge in [-0.05, 0) is 56.4 Å². The summed E-state index contributed by atoms with van der Waals surface area (Å²) in [5.41, 5.74) is 3.43. The van der Waals surface area contributed by atoms with Gasteiger partial charge in [-0.2, -0.15) is 0 Å². The van der Waals surface area contributed by atoms with E-state index >= 15 is 0 Å². The van der Waals surface area contributed by atoms with Gasteiger partial charge in [0.2, 0.25) is 0 Å². The molecule has 0 bridgehead atoms. The molecule has 0 aromatic heterocycles. The first-order valence-electron chi connectivity index (χ1n) is 10.8. The quantitative estimate of drug-likeness (QED) is 0.386. The van der Waals surface area contributed by atoms with Gasteiger partial charge in [-0.15, -0.1) is 5.92 Å². The Morgan fingerprint density at radius 2 is 2.10 bits per heavy atom. The zero-order valence-corrected chi connectivity index (χ0v) is 19.1. The fraction of sp³-hybridized carbons (Fsp3) is 0.444. The normalized spacial score (nSPS) is 17.6. The average molecular weight is 407 g/mol. The maximum absolute atomic E-state index is 11.9. The van der Waals surface area contributed by atoms with E-state index in [2.05, 4.69) is 63.8 Å². The van der Waals surface area contributed by atoms with E-state index in [0.717, 1.165) is 18.4 Å². The van der Waals surface area contributed by atoms with Gasteiger partial charge in [-0.3, -0.25) is 0 Å². The molecular formula is C27H34O3. The van der Waals surface area contributed by atoms with Crippen LogP contribution in [0.2, 0.25) is 0 Å². The second kappa shape index (κ2) is 10.3. The minimum absolute atomic E-state index is 0.178. The standard InChI is InChI=1S/C27H34O3/c1-7-10-19(4)20-12-14-21(15-13-20)27(5,6)22-16-17-25(24(18-22)26(28)29)30-23(9-3)11-8-2/h10,12,14-18,20,23H,7,9,13H2,1-6H3,(H,28,29). The van der Waals surface area contributed by atoms with E-state index in [9.17, 15) is 9.90 Å². The van der Waals surface area contributed by atoms with Gasteiger partial charge in [-0.1, -0.05) is 69.6 Å². The van der Waals surface area contributed by atoms with E-state index in [0.29, 0.717) is 18.1 Å². The van der Waals surface area contributed by atoms with Crippen molar-refractivity contribution in [3.05, 3.63) is 64.8 Å². The molecule has 160 valence electrons. The van der Waals surface area contributed by atoms with Crippen molar-refractivity contribution < 1.29 is 14.6 Å². The highest BCUT2D eigenvalue weighted by Crippen LogP contribution is 2.38. The Kier molecular flexibility index (Phi) is 8.12. The number of hydrogen-bond acceptors (Lipinski definition) is 2. The lowest BCUT2D eigenvalue weighted by molar-refractivity contribution is 0.0690. The topological polar surface area (TPSA) is 46.5 Å². The largest absolute Gasteiger partial charge is 0.478 e. The van der Waals surface area contributed by atoms with Crippen molar-refractivity contribution in [1.82, 2.24) is 0 Å². The number of carbonyl (C=O) groups is 1. The summed E-state index contributed by atoms with van der Waals surface area (Å²) >= 11 is 0. The molecule has 0 heterocycles. The molecule has 1 aromatic carbocycles. The predicted octanol–water partition coefficient (Wildman–Crippen LogP) is 6.70. The van der Waals surface area contributed by atoms with Crippen LogP contribution in [0.25, 0.3) is 0 Å². The van der Waals surface area contributed by atoms with Crippen LogP contribution in [0, 0.1) is 17.8 Å². The highest BCUT2D eigenvalue weighted by atomic mass is 16.5. The lowest BCUT2D eigenvalue weighted by atomic mass is 9.74. The molecule has 1 aliphatic rings. The molecule has 1 N–H and O–H groups in total. The van der Waals surface area contributed by atoms with Crippen LogP contribution in [-0.4, -0.2) is 17.2 Å². The molecule has 30 heavy (non-hydrogen) atoms. The first-order chi connectivity index (χ1) is 14.2. The predicted molar refractivity (Wildman–Crippen MR) is 124 cm³/mol. The first-order valence-corrected chi connectivity index (χ1v) is 10.8. The third-order valence-corrected chi connectivity index (χ3v) is 5.81. The minimum atomic E-state index is -0.990. The van der Waals surface area contributed by atoms with Crippen molar-refractivity contribution in [3.63, 3.8) is 0 Å². The summed E-state index contributed by atoms with van der Waals surface area (Å²) in [6.07, 6.45) is 11.4. The molecular weight excluding hydrogens is 372 g/mol. The summed E-state index contributed by atoms with van der Waals surface area (Å²) in [7, 11) is 0. The van der Waals surface area contributed by atoms with E-state index < -0.39 is 5.97 Å². The Balaban J connectivity index is 2.33. The summed E-state index contributed by atoms with van der Waals surface area (Å²) in [5, 5.41) is 9.78. The summed E-state index contributed by atoms with van der Waals surface area (Å²) in [6, 6.07) is 5.48. The third kappa shape index (κ3) is 5.45. The Hall–Kier alpha value is -2.73. The third-order valence-electron chi connectivity index (χ3n) is 5.81. The van der Waals surface area contributed by atoms with Gasteiger partial charge < -0.3 is 9.84 Å². The first kappa shape index (κ1) is 23.5. The fourth-order valence-corrected chi connectivity index (χ4v) is 3.78. The van der Waals surface area contributed by atoms with Crippen LogP contribution < -0.4 is 4.74 Å². The van der Waals surface area contributed by atoms with E-state index in [1.54, 1.807) is 19.1 Å². The molecule has 0 saturated carbocycles. The van der Waals surface area contributed by atoms with Gasteiger partial charge >= 0.3 is 5.97 Å². The summed E-state index contributed by atoms with van der Waals surface area (Å²) < 4.78 is 5.88. The molecule has 1 aliphatic carbocycles. The number of benzene rings is 1. The number of aromatic carboxylic acids is 1. The number of carboxylic acid groups (broad SMARTS) is 1. The van der Waals surface area contributed by atoms with Gasteiger partial charge in [0.05, 0.1) is 0 Å². The van der Waals surface area contributed by atoms with Gasteiger partial charge in [0.25, 0.3) is 0 Å². The molecule has 0 fully saturated rings. The van der Waals surface area contributed by atoms with Gasteiger partial charge in [0.1, 0.15) is 11.3 Å². The van der Waals surface area contributed by atoms with Crippen molar-refractivity contribution in [2.75, 3.05) is 0 Å². The lowest BCUT2D eigenvalue weighted by Crippen LogP contribution is -2.22. The zero-order valence-electron chi connectivity index (χ0n) is 19.1. The van der Waals surface area contributed by atoms with E-state index in [1.807, 2.05) is 13.0 Å². The van der Waals surface area contributed by atoms with Crippen molar-refractivity contribution >= 4 is 5.97 Å². The average Bonchev–Trinajstić information content (AvgIpc) is 2.73. The minimum Gasteiger partial charge on any atom is -0.478 e. The molecule has 2 unspecified atom stereocenters. The van der Waals surface area contributed by atoms with Crippen LogP contribution in [0.3, 0.4) is 0 Å². The van der Waals surface area contributed by atoms with Crippen LogP contribution in [-0.2, 0) is 5.41 Å². The number of allylic oxidation sites excluding steroid dienone is 6. The second-order valence-corrected chi connectivity index (χ2v) is 8.27. The molecule has 0 saturated heterocycles. The monoisotopic (exact) mass is 406 g/mol. The van der Waals surface area contributed by atoms with Crippen molar-refractivity contribution in [3.8, 4) is 17.6 Å². The van der Waals surface area contributed by atoms with Crippen molar-refractivity contribution in [2.24, 2.45) is 5.92 Å². The molecule has 0 spiro atoms. The number of ether oxygens (including phenoxy) is 1. The van der Waals surface area contributed by atoms with Gasteiger partial charge in [0, 0.05) is 11.3 Å². The molecule has 1 aromatic rings. The van der Waals surface area contributed by atoms with Gasteiger partial charge in [0.15, 0.2) is 6.10 Å². The van der Waals surface area contributed by atoms with Crippen LogP contribution >= 0.6 is 0 Å². The highest BCUT2D eigenvalue weighted by molar-refractivity contribution is 5.91. The van der Waals surface area contributed by atoms with E-state index in [4.69, 9.17) is 4.74 Å². The van der Waals surface area contributed by atoms with Crippen LogP contribution in [0.4, 0.5) is 0 Å². The molecule has 3 heteroatoms. The number of hydrogen-bond donors (Lipinski definition) is 1. The Labute approximate surface area is 181 Å². The lowest BCUT2D eigenvalue weighted by Gasteiger charge is -2.31. The van der Waals surface area contributed by atoms with Crippen LogP contribution in [0.5, 0.6) is 5.75 Å². The maximum atomic E-state index is 11.9. The fourth-order valence-electron chi connectivity index (χ4n) is 3.78. The Morgan fingerprint density at radius 1 is 1.37 bits per heavy atom. The molecule has 3 nitrogen and oxygen atoms in total. The van der Waals surface area contributed by atoms with E-state index in [1.165, 1.54) is 11.1 Å². The summed E-state index contributed by atoms with van der Waals surface area (Å²) in [4.78, 5) is 11.9. The molecule has 2 atom stereocenters.